The lowest BCUT2D eigenvalue weighted by atomic mass is 10.1. The van der Waals surface area contributed by atoms with Crippen molar-refractivity contribution in [2.45, 2.75) is 18.2 Å². The molecule has 1 aromatic heterocycles. The van der Waals surface area contributed by atoms with E-state index in [0.717, 1.165) is 16.9 Å². The largest absolute Gasteiger partial charge is 0.396 e. The van der Waals surface area contributed by atoms with Crippen molar-refractivity contribution in [1.29, 1.82) is 0 Å². The molecule has 0 atom stereocenters. The van der Waals surface area contributed by atoms with Crippen LogP contribution in [0.15, 0.2) is 59.6 Å². The Balaban J connectivity index is 1.94. The van der Waals surface area contributed by atoms with Crippen LogP contribution in [0.25, 0.3) is 16.9 Å². The molecule has 1 N–H and O–H groups in total. The second-order valence-electron chi connectivity index (χ2n) is 5.98. The number of aliphatic hydroxyl groups excluding tert-OH is 1. The fourth-order valence-electron chi connectivity index (χ4n) is 2.69. The van der Waals surface area contributed by atoms with Gasteiger partial charge in [0.05, 0.1) is 28.2 Å². The number of hydrogen-bond acceptors (Lipinski definition) is 4. The van der Waals surface area contributed by atoms with Crippen molar-refractivity contribution < 1.29 is 17.9 Å². The van der Waals surface area contributed by atoms with Crippen molar-refractivity contribution in [2.24, 2.45) is 0 Å². The molecular weight excluding hydrogens is 355 g/mol. The zero-order valence-electron chi connectivity index (χ0n) is 14.3. The highest BCUT2D eigenvalue weighted by Gasteiger charge is 2.15. The molecule has 0 amide bonds. The molecule has 0 saturated carbocycles. The Bertz CT molecular complexity index is 1010. The fraction of sp³-hybridized carbons (Fsp3) is 0.211. The predicted octanol–water partition coefficient (Wildman–Crippen LogP) is 3.14. The van der Waals surface area contributed by atoms with E-state index in [9.17, 15) is 12.8 Å². The summed E-state index contributed by atoms with van der Waals surface area (Å²) in [7, 11) is -3.40. The maximum atomic E-state index is 13.5. The third-order valence-electron chi connectivity index (χ3n) is 4.11. The second kappa shape index (κ2) is 7.39. The highest BCUT2D eigenvalue weighted by molar-refractivity contribution is 7.91. The van der Waals surface area contributed by atoms with Gasteiger partial charge in [-0.3, -0.25) is 0 Å². The van der Waals surface area contributed by atoms with E-state index in [1.165, 1.54) is 6.07 Å². The van der Waals surface area contributed by atoms with Gasteiger partial charge in [-0.05, 0) is 55.3 Å². The van der Waals surface area contributed by atoms with Gasteiger partial charge in [-0.25, -0.2) is 17.5 Å². The van der Waals surface area contributed by atoms with Crippen LogP contribution in [0.5, 0.6) is 0 Å². The van der Waals surface area contributed by atoms with Gasteiger partial charge in [0.2, 0.25) is 0 Å². The number of halogens is 1. The van der Waals surface area contributed by atoms with Crippen LogP contribution >= 0.6 is 0 Å². The van der Waals surface area contributed by atoms with Crippen LogP contribution in [0.4, 0.5) is 4.39 Å². The molecule has 0 aliphatic carbocycles. The summed E-state index contributed by atoms with van der Waals surface area (Å²) in [5.74, 6) is -0.366. The molecule has 0 aliphatic heterocycles. The number of nitrogens with zero attached hydrogens (tertiary/aromatic N) is 2. The predicted molar refractivity (Wildman–Crippen MR) is 97.5 cm³/mol. The lowest BCUT2D eigenvalue weighted by molar-refractivity contribution is 0.295. The van der Waals surface area contributed by atoms with E-state index in [1.54, 1.807) is 54.2 Å². The minimum absolute atomic E-state index is 0.0877. The van der Waals surface area contributed by atoms with Gasteiger partial charge in [-0.1, -0.05) is 12.1 Å². The summed E-state index contributed by atoms with van der Waals surface area (Å²) in [5, 5.41) is 13.1. The number of aryl methyl sites for hydroxylation is 1. The summed E-state index contributed by atoms with van der Waals surface area (Å²) in [5.41, 5.74) is 2.82. The highest BCUT2D eigenvalue weighted by Crippen LogP contribution is 2.25. The van der Waals surface area contributed by atoms with Gasteiger partial charge in [0, 0.05) is 12.2 Å². The number of hydrogen-bond donors (Lipinski definition) is 1. The number of rotatable bonds is 6. The molecule has 26 heavy (non-hydrogen) atoms. The monoisotopic (exact) mass is 374 g/mol. The fourth-order valence-corrected chi connectivity index (χ4v) is 3.99. The molecule has 0 unspecified atom stereocenters. The van der Waals surface area contributed by atoms with E-state index in [1.807, 2.05) is 6.07 Å². The van der Waals surface area contributed by atoms with Crippen LogP contribution in [-0.4, -0.2) is 35.7 Å². The SMILES string of the molecule is Cc1cc(-n2nccc2-c2ccc(S(=O)(=O)CCCO)cc2)ccc1F. The van der Waals surface area contributed by atoms with Crippen molar-refractivity contribution in [3.63, 3.8) is 0 Å². The molecule has 1 heterocycles. The molecule has 0 aliphatic rings. The Morgan fingerprint density at radius 3 is 2.50 bits per heavy atom. The van der Waals surface area contributed by atoms with Gasteiger partial charge in [-0.2, -0.15) is 5.10 Å². The first-order valence-electron chi connectivity index (χ1n) is 8.17. The smallest absolute Gasteiger partial charge is 0.178 e. The van der Waals surface area contributed by atoms with E-state index in [0.29, 0.717) is 5.56 Å². The first kappa shape index (κ1) is 18.3. The Hall–Kier alpha value is -2.51. The molecular formula is C19H19FN2O3S. The minimum Gasteiger partial charge on any atom is -0.396 e. The molecule has 0 spiro atoms. The molecule has 3 aromatic rings. The van der Waals surface area contributed by atoms with Crippen molar-refractivity contribution in [2.75, 3.05) is 12.4 Å². The van der Waals surface area contributed by atoms with E-state index < -0.39 is 9.84 Å². The van der Waals surface area contributed by atoms with Crippen molar-refractivity contribution in [3.8, 4) is 16.9 Å². The molecule has 0 radical (unpaired) electrons. The summed E-state index contributed by atoms with van der Waals surface area (Å²) in [6.07, 6.45) is 1.85. The molecule has 3 rings (SSSR count). The van der Waals surface area contributed by atoms with Crippen LogP contribution in [0.2, 0.25) is 0 Å². The second-order valence-corrected chi connectivity index (χ2v) is 8.09. The third-order valence-corrected chi connectivity index (χ3v) is 5.93. The lowest BCUT2D eigenvalue weighted by Crippen LogP contribution is -2.08. The molecule has 136 valence electrons. The summed E-state index contributed by atoms with van der Waals surface area (Å²) >= 11 is 0. The average Bonchev–Trinajstić information content (AvgIpc) is 3.12. The zero-order chi connectivity index (χ0) is 18.7. The molecule has 7 heteroatoms. The minimum atomic E-state index is -3.40. The number of benzene rings is 2. The maximum absolute atomic E-state index is 13.5. The first-order valence-corrected chi connectivity index (χ1v) is 9.82. The molecule has 0 saturated heterocycles. The van der Waals surface area contributed by atoms with E-state index >= 15 is 0 Å². The quantitative estimate of drug-likeness (QED) is 0.719. The molecule has 0 fully saturated rings. The lowest BCUT2D eigenvalue weighted by Gasteiger charge is -2.10. The summed E-state index contributed by atoms with van der Waals surface area (Å²) in [6.45, 7) is 1.53. The molecule has 0 bridgehead atoms. The van der Waals surface area contributed by atoms with E-state index in [4.69, 9.17) is 5.11 Å². The Kier molecular flexibility index (Phi) is 5.20. The highest BCUT2D eigenvalue weighted by atomic mass is 32.2. The van der Waals surface area contributed by atoms with Crippen molar-refractivity contribution >= 4 is 9.84 Å². The summed E-state index contributed by atoms with van der Waals surface area (Å²) < 4.78 is 39.6. The van der Waals surface area contributed by atoms with Gasteiger partial charge in [0.15, 0.2) is 9.84 Å². The standard InChI is InChI=1S/C19H19FN2O3S/c1-14-13-16(5-8-18(14)20)22-19(9-10-21-22)15-3-6-17(7-4-15)26(24,25)12-2-11-23/h3-10,13,23H,2,11-12H2,1H3. The third kappa shape index (κ3) is 3.68. The van der Waals surface area contributed by atoms with Crippen LogP contribution < -0.4 is 0 Å². The van der Waals surface area contributed by atoms with E-state index in [-0.39, 0.29) is 29.5 Å². The van der Waals surface area contributed by atoms with Crippen LogP contribution in [0, 0.1) is 12.7 Å². The van der Waals surface area contributed by atoms with Gasteiger partial charge in [0.25, 0.3) is 0 Å². The Morgan fingerprint density at radius 2 is 1.85 bits per heavy atom. The molecule has 2 aromatic carbocycles. The van der Waals surface area contributed by atoms with E-state index in [2.05, 4.69) is 5.10 Å². The topological polar surface area (TPSA) is 72.2 Å². The average molecular weight is 374 g/mol. The van der Waals surface area contributed by atoms with Crippen LogP contribution in [-0.2, 0) is 9.84 Å². The Labute approximate surface area is 151 Å². The van der Waals surface area contributed by atoms with Crippen molar-refractivity contribution in [3.05, 3.63) is 66.1 Å². The number of sulfone groups is 1. The zero-order valence-corrected chi connectivity index (χ0v) is 15.1. The van der Waals surface area contributed by atoms with Gasteiger partial charge in [0.1, 0.15) is 5.82 Å². The molecule has 5 nitrogen and oxygen atoms in total. The summed E-state index contributed by atoms with van der Waals surface area (Å²) in [4.78, 5) is 0.221. The van der Waals surface area contributed by atoms with Crippen LogP contribution in [0.1, 0.15) is 12.0 Å². The van der Waals surface area contributed by atoms with Crippen molar-refractivity contribution in [1.82, 2.24) is 9.78 Å². The van der Waals surface area contributed by atoms with Gasteiger partial charge in [-0.15, -0.1) is 0 Å². The number of aliphatic hydroxyl groups is 1. The number of aromatic nitrogens is 2. The normalized spacial score (nSPS) is 11.7. The first-order chi connectivity index (χ1) is 12.4. The summed E-state index contributed by atoms with van der Waals surface area (Å²) in [6, 6.07) is 13.1. The van der Waals surface area contributed by atoms with Gasteiger partial charge < -0.3 is 5.11 Å². The van der Waals surface area contributed by atoms with Gasteiger partial charge >= 0.3 is 0 Å². The van der Waals surface area contributed by atoms with Crippen LogP contribution in [0.3, 0.4) is 0 Å². The Morgan fingerprint density at radius 1 is 1.12 bits per heavy atom. The maximum Gasteiger partial charge on any atom is 0.178 e.